The molecule has 5 amide bonds. The molecule has 3 N–H and O–H groups in total. The lowest BCUT2D eigenvalue weighted by Crippen LogP contribution is -2.54. The molecule has 2 aliphatic rings. The summed E-state index contributed by atoms with van der Waals surface area (Å²) in [6.45, 7) is 3.64. The molecule has 1 unspecified atom stereocenters. The van der Waals surface area contributed by atoms with Crippen molar-refractivity contribution in [3.8, 4) is 0 Å². The number of carbonyl (C=O) groups excluding carboxylic acids is 5. The van der Waals surface area contributed by atoms with Gasteiger partial charge in [0.1, 0.15) is 12.6 Å². The molecule has 3 rings (SSSR count). The fraction of sp³-hybridized carbons (Fsp3) is 0.593. The molecule has 42 heavy (non-hydrogen) atoms. The van der Waals surface area contributed by atoms with Gasteiger partial charge >= 0.3 is 0 Å². The van der Waals surface area contributed by atoms with Crippen LogP contribution >= 0.6 is 0 Å². The molecule has 2 aliphatic heterocycles. The van der Waals surface area contributed by atoms with Crippen molar-refractivity contribution < 1.29 is 57.5 Å². The van der Waals surface area contributed by atoms with Crippen LogP contribution in [0, 0.1) is 0 Å². The number of piperidine rings is 1. The highest BCUT2D eigenvalue weighted by atomic mass is 16.6. The minimum absolute atomic E-state index is 0.00801. The lowest BCUT2D eigenvalue weighted by atomic mass is 10.0. The van der Waals surface area contributed by atoms with Gasteiger partial charge in [0.05, 0.1) is 96.1 Å². The Morgan fingerprint density at radius 1 is 0.810 bits per heavy atom. The Balaban J connectivity index is 1.24. The van der Waals surface area contributed by atoms with Crippen molar-refractivity contribution in [3.05, 3.63) is 29.3 Å². The lowest BCUT2D eigenvalue weighted by Gasteiger charge is -2.27. The molecule has 232 valence electrons. The van der Waals surface area contributed by atoms with Gasteiger partial charge in [0.25, 0.3) is 11.8 Å². The number of hydrogen-bond donors (Lipinski definition) is 3. The predicted molar refractivity (Wildman–Crippen MR) is 144 cm³/mol. The van der Waals surface area contributed by atoms with E-state index in [9.17, 15) is 24.0 Å². The molecule has 15 heteroatoms. The Bertz CT molecular complexity index is 1080. The van der Waals surface area contributed by atoms with Crippen LogP contribution in [-0.4, -0.2) is 131 Å². The summed E-state index contributed by atoms with van der Waals surface area (Å²) in [5.74, 6) is -3.08. The Labute approximate surface area is 242 Å². The van der Waals surface area contributed by atoms with Crippen LogP contribution in [0.3, 0.4) is 0 Å². The summed E-state index contributed by atoms with van der Waals surface area (Å²) in [6, 6.07) is 3.35. The third kappa shape index (κ3) is 10.2. The van der Waals surface area contributed by atoms with Crippen molar-refractivity contribution in [3.63, 3.8) is 0 Å². The highest BCUT2D eigenvalue weighted by Gasteiger charge is 2.45. The zero-order valence-corrected chi connectivity index (χ0v) is 23.3. The van der Waals surface area contributed by atoms with Crippen molar-refractivity contribution in [2.24, 2.45) is 0 Å². The molecular formula is C27H37N3O12. The number of benzene rings is 1. The molecule has 0 aromatic heterocycles. The third-order valence-corrected chi connectivity index (χ3v) is 6.07. The van der Waals surface area contributed by atoms with Crippen LogP contribution in [0.15, 0.2) is 18.2 Å². The summed E-state index contributed by atoms with van der Waals surface area (Å²) < 4.78 is 31.8. The first-order valence-electron chi connectivity index (χ1n) is 13.7. The van der Waals surface area contributed by atoms with Gasteiger partial charge in [0.15, 0.2) is 0 Å². The quantitative estimate of drug-likeness (QED) is 0.118. The summed E-state index contributed by atoms with van der Waals surface area (Å²) in [6.07, 6.45) is 0.0490. The average molecular weight is 596 g/mol. The molecule has 0 aliphatic carbocycles. The number of fused-ring (bicyclic) bond motifs is 1. The Hall–Kier alpha value is -3.31. The standard InChI is InChI=1S/C27H37N3O12/c31-6-7-37-8-9-38-10-11-39-12-13-40-14-15-41-16-17-42-18-23(33)28-20-3-1-2-19-24(20)27(36)30(26(19)35)21-4-5-22(32)29-25(21)34/h1-3,21,31H,4-18H2,(H,28,33)(H,29,32,34). The predicted octanol–water partition coefficient (Wildman–Crippen LogP) is -0.882. The highest BCUT2D eigenvalue weighted by molar-refractivity contribution is 6.26. The van der Waals surface area contributed by atoms with Gasteiger partial charge in [0, 0.05) is 6.42 Å². The lowest BCUT2D eigenvalue weighted by molar-refractivity contribution is -0.136. The van der Waals surface area contributed by atoms with Crippen LogP contribution in [0.4, 0.5) is 5.69 Å². The zero-order chi connectivity index (χ0) is 30.2. The van der Waals surface area contributed by atoms with E-state index in [0.29, 0.717) is 59.5 Å². The number of carbonyl (C=O) groups is 5. The third-order valence-electron chi connectivity index (χ3n) is 6.07. The molecule has 2 heterocycles. The Morgan fingerprint density at radius 3 is 1.90 bits per heavy atom. The molecule has 1 atom stereocenters. The number of nitrogens with zero attached hydrogens (tertiary/aromatic N) is 1. The largest absolute Gasteiger partial charge is 0.394 e. The van der Waals surface area contributed by atoms with E-state index >= 15 is 0 Å². The molecule has 0 bridgehead atoms. The first-order chi connectivity index (χ1) is 20.4. The number of ether oxygens (including phenoxy) is 6. The number of anilines is 1. The second-order valence-corrected chi connectivity index (χ2v) is 9.06. The number of nitrogens with one attached hydrogen (secondary N) is 2. The van der Waals surface area contributed by atoms with Gasteiger partial charge < -0.3 is 38.8 Å². The maximum absolute atomic E-state index is 13.1. The summed E-state index contributed by atoms with van der Waals surface area (Å²) >= 11 is 0. The number of aliphatic hydroxyl groups is 1. The van der Waals surface area contributed by atoms with E-state index < -0.39 is 35.6 Å². The summed E-state index contributed by atoms with van der Waals surface area (Å²) in [7, 11) is 0. The van der Waals surface area contributed by atoms with Gasteiger partial charge in [-0.05, 0) is 18.6 Å². The molecule has 15 nitrogen and oxygen atoms in total. The minimum Gasteiger partial charge on any atom is -0.394 e. The van der Waals surface area contributed by atoms with Crippen molar-refractivity contribution in [2.75, 3.05) is 91.2 Å². The van der Waals surface area contributed by atoms with Crippen LogP contribution < -0.4 is 10.6 Å². The first kappa shape index (κ1) is 33.2. The van der Waals surface area contributed by atoms with Crippen molar-refractivity contribution in [1.29, 1.82) is 0 Å². The second-order valence-electron chi connectivity index (χ2n) is 9.06. The Kier molecular flexibility index (Phi) is 14.4. The van der Waals surface area contributed by atoms with E-state index in [1.807, 2.05) is 0 Å². The van der Waals surface area contributed by atoms with Crippen molar-refractivity contribution in [1.82, 2.24) is 10.2 Å². The van der Waals surface area contributed by atoms with Gasteiger partial charge in [-0.2, -0.15) is 0 Å². The zero-order valence-electron chi connectivity index (χ0n) is 23.3. The number of amides is 5. The molecule has 0 radical (unpaired) electrons. The fourth-order valence-corrected chi connectivity index (χ4v) is 4.13. The normalized spacial score (nSPS) is 16.6. The second kappa shape index (κ2) is 18.3. The SMILES string of the molecule is O=C1CCC(N2C(=O)c3cccc(NC(=O)COCCOCCOCCOCCOCCOCCO)c3C2=O)C(=O)N1. The van der Waals surface area contributed by atoms with E-state index in [1.54, 1.807) is 0 Å². The van der Waals surface area contributed by atoms with E-state index in [0.717, 1.165) is 4.90 Å². The summed E-state index contributed by atoms with van der Waals surface area (Å²) in [5, 5.41) is 13.3. The Morgan fingerprint density at radius 2 is 1.36 bits per heavy atom. The van der Waals surface area contributed by atoms with Crippen LogP contribution in [0.25, 0.3) is 0 Å². The maximum atomic E-state index is 13.1. The van der Waals surface area contributed by atoms with E-state index in [1.165, 1.54) is 18.2 Å². The molecular weight excluding hydrogens is 558 g/mol. The maximum Gasteiger partial charge on any atom is 0.264 e. The van der Waals surface area contributed by atoms with Gasteiger partial charge in [0.2, 0.25) is 17.7 Å². The minimum atomic E-state index is -1.10. The number of imide groups is 2. The summed E-state index contributed by atoms with van der Waals surface area (Å²) in [5.41, 5.74) is 0.183. The topological polar surface area (TPSA) is 188 Å². The van der Waals surface area contributed by atoms with Gasteiger partial charge in [-0.3, -0.25) is 34.2 Å². The monoisotopic (exact) mass is 595 g/mol. The molecule has 1 fully saturated rings. The van der Waals surface area contributed by atoms with E-state index in [4.69, 9.17) is 33.5 Å². The number of hydrogen-bond acceptors (Lipinski definition) is 12. The van der Waals surface area contributed by atoms with Crippen LogP contribution in [-0.2, 0) is 42.8 Å². The van der Waals surface area contributed by atoms with Crippen molar-refractivity contribution in [2.45, 2.75) is 18.9 Å². The first-order valence-corrected chi connectivity index (χ1v) is 13.7. The van der Waals surface area contributed by atoms with Gasteiger partial charge in [-0.15, -0.1) is 0 Å². The molecule has 0 spiro atoms. The van der Waals surface area contributed by atoms with Crippen molar-refractivity contribution >= 4 is 35.2 Å². The molecule has 1 saturated heterocycles. The van der Waals surface area contributed by atoms with Gasteiger partial charge in [-0.25, -0.2) is 0 Å². The molecule has 0 saturated carbocycles. The van der Waals surface area contributed by atoms with Crippen LogP contribution in [0.2, 0.25) is 0 Å². The van der Waals surface area contributed by atoms with Gasteiger partial charge in [-0.1, -0.05) is 6.07 Å². The molecule has 1 aromatic rings. The fourth-order valence-electron chi connectivity index (χ4n) is 4.13. The average Bonchev–Trinajstić information content (AvgIpc) is 3.22. The van der Waals surface area contributed by atoms with E-state index in [2.05, 4.69) is 10.6 Å². The smallest absolute Gasteiger partial charge is 0.264 e. The summed E-state index contributed by atoms with van der Waals surface area (Å²) in [4.78, 5) is 62.9. The number of aliphatic hydroxyl groups excluding tert-OH is 1. The van der Waals surface area contributed by atoms with Crippen LogP contribution in [0.5, 0.6) is 0 Å². The highest BCUT2D eigenvalue weighted by Crippen LogP contribution is 2.32. The molecule has 1 aromatic carbocycles. The number of rotatable bonds is 21. The van der Waals surface area contributed by atoms with E-state index in [-0.39, 0.29) is 56.1 Å². The van der Waals surface area contributed by atoms with Crippen LogP contribution in [0.1, 0.15) is 33.6 Å².